The Hall–Kier alpha value is -3.32. The molecule has 1 atom stereocenters. The van der Waals surface area contributed by atoms with E-state index in [9.17, 15) is 18.0 Å². The SMILES string of the molecule is Cc1nc(C(=O)NC(C)Cn2ccc(-c3cc(F)c(C#N)c(Cl)c3)n2)cn1CC(F)F. The molecule has 0 bridgehead atoms. The van der Waals surface area contributed by atoms with Crippen molar-refractivity contribution in [1.29, 1.82) is 5.26 Å². The predicted octanol–water partition coefficient (Wildman–Crippen LogP) is 3.80. The molecule has 0 aliphatic heterocycles. The molecular weight excluding hydrogens is 433 g/mol. The van der Waals surface area contributed by atoms with E-state index in [4.69, 9.17) is 16.9 Å². The van der Waals surface area contributed by atoms with Gasteiger partial charge in [-0.25, -0.2) is 18.2 Å². The number of alkyl halides is 2. The first-order chi connectivity index (χ1) is 14.7. The average Bonchev–Trinajstić information content (AvgIpc) is 3.28. The first-order valence-corrected chi connectivity index (χ1v) is 9.61. The summed E-state index contributed by atoms with van der Waals surface area (Å²) >= 11 is 5.94. The number of hydrogen-bond donors (Lipinski definition) is 1. The highest BCUT2D eigenvalue weighted by Crippen LogP contribution is 2.26. The van der Waals surface area contributed by atoms with Gasteiger partial charge in [0.15, 0.2) is 0 Å². The van der Waals surface area contributed by atoms with Crippen molar-refractivity contribution in [1.82, 2.24) is 24.6 Å². The van der Waals surface area contributed by atoms with Gasteiger partial charge in [0.2, 0.25) is 0 Å². The lowest BCUT2D eigenvalue weighted by Crippen LogP contribution is -2.36. The van der Waals surface area contributed by atoms with Crippen molar-refractivity contribution < 1.29 is 18.0 Å². The van der Waals surface area contributed by atoms with Crippen molar-refractivity contribution in [2.45, 2.75) is 39.4 Å². The van der Waals surface area contributed by atoms with Gasteiger partial charge < -0.3 is 9.88 Å². The molecule has 11 heteroatoms. The molecule has 0 aliphatic carbocycles. The summed E-state index contributed by atoms with van der Waals surface area (Å²) in [6.45, 7) is 3.07. The molecule has 2 aromatic heterocycles. The monoisotopic (exact) mass is 450 g/mol. The number of aryl methyl sites for hydroxylation is 1. The van der Waals surface area contributed by atoms with Gasteiger partial charge in [-0.2, -0.15) is 10.4 Å². The molecule has 162 valence electrons. The Balaban J connectivity index is 1.66. The zero-order valence-electron chi connectivity index (χ0n) is 16.6. The number of amides is 1. The number of nitriles is 1. The van der Waals surface area contributed by atoms with E-state index in [-0.39, 0.29) is 22.3 Å². The highest BCUT2D eigenvalue weighted by Gasteiger charge is 2.17. The Kier molecular flexibility index (Phi) is 6.65. The van der Waals surface area contributed by atoms with Gasteiger partial charge in [0, 0.05) is 24.0 Å². The summed E-state index contributed by atoms with van der Waals surface area (Å²) in [6.07, 6.45) is 0.402. The number of rotatable bonds is 7. The van der Waals surface area contributed by atoms with Crippen LogP contribution in [0.5, 0.6) is 0 Å². The van der Waals surface area contributed by atoms with Crippen LogP contribution in [0.15, 0.2) is 30.6 Å². The molecule has 3 aromatic rings. The van der Waals surface area contributed by atoms with E-state index in [0.29, 0.717) is 23.6 Å². The molecule has 1 aromatic carbocycles. The first-order valence-electron chi connectivity index (χ1n) is 9.23. The van der Waals surface area contributed by atoms with Crippen molar-refractivity contribution >= 4 is 17.5 Å². The second-order valence-electron chi connectivity index (χ2n) is 6.94. The fourth-order valence-corrected chi connectivity index (χ4v) is 3.27. The second kappa shape index (κ2) is 9.22. The van der Waals surface area contributed by atoms with E-state index in [1.165, 1.54) is 22.9 Å². The van der Waals surface area contributed by atoms with Crippen LogP contribution in [0.3, 0.4) is 0 Å². The highest BCUT2D eigenvalue weighted by molar-refractivity contribution is 6.32. The van der Waals surface area contributed by atoms with Gasteiger partial charge in [0.05, 0.1) is 23.8 Å². The minimum absolute atomic E-state index is 0.00532. The number of nitrogens with zero attached hydrogens (tertiary/aromatic N) is 5. The smallest absolute Gasteiger partial charge is 0.271 e. The molecule has 1 N–H and O–H groups in total. The van der Waals surface area contributed by atoms with Crippen LogP contribution in [0.25, 0.3) is 11.3 Å². The summed E-state index contributed by atoms with van der Waals surface area (Å²) in [5.74, 6) is -0.901. The minimum Gasteiger partial charge on any atom is -0.346 e. The van der Waals surface area contributed by atoms with E-state index < -0.39 is 24.7 Å². The van der Waals surface area contributed by atoms with Crippen molar-refractivity contribution in [2.75, 3.05) is 0 Å². The molecule has 0 saturated heterocycles. The molecule has 0 radical (unpaired) electrons. The molecule has 0 fully saturated rings. The third kappa shape index (κ3) is 5.24. The molecular formula is C20H18ClF3N6O. The van der Waals surface area contributed by atoms with Crippen LogP contribution in [0.4, 0.5) is 13.2 Å². The van der Waals surface area contributed by atoms with Crippen LogP contribution >= 0.6 is 11.6 Å². The average molecular weight is 451 g/mol. The Bertz CT molecular complexity index is 1130. The van der Waals surface area contributed by atoms with Crippen LogP contribution in [-0.2, 0) is 13.1 Å². The van der Waals surface area contributed by atoms with Crippen molar-refractivity contribution in [3.8, 4) is 17.3 Å². The molecule has 2 heterocycles. The Morgan fingerprint density at radius 3 is 2.74 bits per heavy atom. The van der Waals surface area contributed by atoms with Gasteiger partial charge in [-0.15, -0.1) is 0 Å². The van der Waals surface area contributed by atoms with Crippen molar-refractivity contribution in [2.24, 2.45) is 0 Å². The van der Waals surface area contributed by atoms with Gasteiger partial charge in [-0.05, 0) is 32.0 Å². The number of nitrogens with one attached hydrogen (secondary N) is 1. The standard InChI is InChI=1S/C20H18ClF3N6O/c1-11(26-20(31)18-9-29(10-19(23)24)12(2)27-18)8-30-4-3-17(28-30)13-5-15(21)14(7-25)16(22)6-13/h3-6,9,11,19H,8,10H2,1-2H3,(H,26,31). The van der Waals surface area contributed by atoms with Crippen LogP contribution in [0, 0.1) is 24.1 Å². The third-order valence-electron chi connectivity index (χ3n) is 4.47. The van der Waals surface area contributed by atoms with Gasteiger partial charge in [-0.1, -0.05) is 11.6 Å². The van der Waals surface area contributed by atoms with Gasteiger partial charge in [0.1, 0.15) is 29.0 Å². The Labute approximate surface area is 181 Å². The molecule has 31 heavy (non-hydrogen) atoms. The summed E-state index contributed by atoms with van der Waals surface area (Å²) in [6, 6.07) is 5.64. The number of benzene rings is 1. The number of halogens is 4. The maximum Gasteiger partial charge on any atom is 0.271 e. The number of carbonyl (C=O) groups excluding carboxylic acids is 1. The fraction of sp³-hybridized carbons (Fsp3) is 0.300. The topological polar surface area (TPSA) is 88.5 Å². The molecule has 0 saturated carbocycles. The minimum atomic E-state index is -2.55. The summed E-state index contributed by atoms with van der Waals surface area (Å²) in [4.78, 5) is 16.4. The summed E-state index contributed by atoms with van der Waals surface area (Å²) in [5.41, 5.74) is 0.684. The zero-order valence-corrected chi connectivity index (χ0v) is 17.4. The number of hydrogen-bond acceptors (Lipinski definition) is 4. The molecule has 1 amide bonds. The molecule has 1 unspecified atom stereocenters. The Morgan fingerprint density at radius 2 is 2.10 bits per heavy atom. The third-order valence-corrected chi connectivity index (χ3v) is 4.77. The molecule has 3 rings (SSSR count). The van der Waals surface area contributed by atoms with Crippen LogP contribution < -0.4 is 5.32 Å². The Morgan fingerprint density at radius 1 is 1.35 bits per heavy atom. The van der Waals surface area contributed by atoms with Gasteiger partial charge in [-0.3, -0.25) is 9.48 Å². The summed E-state index contributed by atoms with van der Waals surface area (Å²) < 4.78 is 41.9. The summed E-state index contributed by atoms with van der Waals surface area (Å²) in [5, 5.41) is 16.0. The lowest BCUT2D eigenvalue weighted by molar-refractivity contribution is 0.0930. The highest BCUT2D eigenvalue weighted by atomic mass is 35.5. The van der Waals surface area contributed by atoms with E-state index in [2.05, 4.69) is 15.4 Å². The van der Waals surface area contributed by atoms with Crippen LogP contribution in [-0.4, -0.2) is 37.7 Å². The van der Waals surface area contributed by atoms with Crippen LogP contribution in [0.2, 0.25) is 5.02 Å². The number of aromatic nitrogens is 4. The normalized spacial score (nSPS) is 12.1. The van der Waals surface area contributed by atoms with E-state index >= 15 is 0 Å². The maximum atomic E-state index is 14.0. The van der Waals surface area contributed by atoms with Crippen molar-refractivity contribution in [3.05, 3.63) is 58.5 Å². The van der Waals surface area contributed by atoms with E-state index in [1.54, 1.807) is 36.9 Å². The van der Waals surface area contributed by atoms with E-state index in [1.807, 2.05) is 0 Å². The van der Waals surface area contributed by atoms with Crippen molar-refractivity contribution in [3.63, 3.8) is 0 Å². The molecule has 0 spiro atoms. The number of imidazole rings is 1. The first kappa shape index (κ1) is 22.4. The van der Waals surface area contributed by atoms with Gasteiger partial charge in [0.25, 0.3) is 12.3 Å². The van der Waals surface area contributed by atoms with Gasteiger partial charge >= 0.3 is 0 Å². The molecule has 0 aliphatic rings. The number of carbonyl (C=O) groups is 1. The lowest BCUT2D eigenvalue weighted by atomic mass is 10.1. The largest absolute Gasteiger partial charge is 0.346 e. The predicted molar refractivity (Wildman–Crippen MR) is 107 cm³/mol. The van der Waals surface area contributed by atoms with E-state index in [0.717, 1.165) is 0 Å². The second-order valence-corrected chi connectivity index (χ2v) is 7.35. The molecule has 7 nitrogen and oxygen atoms in total. The summed E-state index contributed by atoms with van der Waals surface area (Å²) in [7, 11) is 0. The maximum absolute atomic E-state index is 14.0. The quantitative estimate of drug-likeness (QED) is 0.593. The fourth-order valence-electron chi connectivity index (χ4n) is 3.02. The zero-order chi connectivity index (χ0) is 22.7. The lowest BCUT2D eigenvalue weighted by Gasteiger charge is -2.13. The van der Waals surface area contributed by atoms with Crippen LogP contribution in [0.1, 0.15) is 28.8 Å².